The summed E-state index contributed by atoms with van der Waals surface area (Å²) in [5.41, 5.74) is 7.57. The van der Waals surface area contributed by atoms with Crippen molar-refractivity contribution in [3.8, 4) is 5.75 Å². The highest BCUT2D eigenvalue weighted by atomic mass is 35.5. The summed E-state index contributed by atoms with van der Waals surface area (Å²) >= 11 is 0. The van der Waals surface area contributed by atoms with Crippen LogP contribution in [0, 0.1) is 12.8 Å². The number of carbonyl (C=O) groups excluding carboxylic acids is 2. The minimum Gasteiger partial charge on any atom is -0.492 e. The topological polar surface area (TPSA) is 93.5 Å². The lowest BCUT2D eigenvalue weighted by Gasteiger charge is -2.22. The van der Waals surface area contributed by atoms with Crippen LogP contribution >= 0.6 is 12.4 Å². The third-order valence-electron chi connectivity index (χ3n) is 4.02. The molecule has 1 unspecified atom stereocenters. The number of aryl methyl sites for hydroxylation is 1. The van der Waals surface area contributed by atoms with Crippen molar-refractivity contribution in [2.45, 2.75) is 26.8 Å². The number of benzene rings is 2. The fourth-order valence-electron chi connectivity index (χ4n) is 2.58. The number of carbonyl (C=O) groups is 2. The molecule has 0 aromatic heterocycles. The zero-order valence-corrected chi connectivity index (χ0v) is 17.2. The van der Waals surface area contributed by atoms with E-state index in [9.17, 15) is 9.59 Å². The van der Waals surface area contributed by atoms with E-state index in [0.29, 0.717) is 30.2 Å². The largest absolute Gasteiger partial charge is 0.492 e. The number of halogens is 1. The molecule has 2 aromatic rings. The minimum atomic E-state index is -0.647. The van der Waals surface area contributed by atoms with E-state index in [0.717, 1.165) is 5.56 Å². The second-order valence-corrected chi connectivity index (χ2v) is 6.72. The number of hydrogen-bond donors (Lipinski definition) is 3. The first-order chi connectivity index (χ1) is 12.9. The number of amides is 2. The Labute approximate surface area is 172 Å². The maximum atomic E-state index is 12.7. The van der Waals surface area contributed by atoms with Crippen molar-refractivity contribution in [1.29, 1.82) is 0 Å². The quantitative estimate of drug-likeness (QED) is 0.628. The summed E-state index contributed by atoms with van der Waals surface area (Å²) in [6.07, 6.45) is 0. The average Bonchev–Trinajstić information content (AvgIpc) is 2.65. The first kappa shape index (κ1) is 23.5. The van der Waals surface area contributed by atoms with Crippen LogP contribution in [0.4, 0.5) is 5.69 Å². The summed E-state index contributed by atoms with van der Waals surface area (Å²) in [7, 11) is 0. The zero-order valence-electron chi connectivity index (χ0n) is 16.4. The van der Waals surface area contributed by atoms with Gasteiger partial charge in [0.1, 0.15) is 18.4 Å². The lowest BCUT2D eigenvalue weighted by Crippen LogP contribution is -2.47. The number of anilines is 1. The Morgan fingerprint density at radius 2 is 1.79 bits per heavy atom. The Hall–Kier alpha value is -2.57. The Bertz CT molecular complexity index is 779. The average molecular weight is 406 g/mol. The molecule has 0 spiro atoms. The maximum absolute atomic E-state index is 12.7. The van der Waals surface area contributed by atoms with E-state index in [2.05, 4.69) is 10.6 Å². The number of rotatable bonds is 8. The van der Waals surface area contributed by atoms with Crippen LogP contribution in [0.25, 0.3) is 0 Å². The van der Waals surface area contributed by atoms with Crippen LogP contribution in [0.5, 0.6) is 5.75 Å². The van der Waals surface area contributed by atoms with Crippen molar-refractivity contribution in [1.82, 2.24) is 5.32 Å². The Morgan fingerprint density at radius 3 is 2.36 bits per heavy atom. The van der Waals surface area contributed by atoms with Gasteiger partial charge in [-0.05, 0) is 49.2 Å². The fourth-order valence-corrected chi connectivity index (χ4v) is 2.58. The van der Waals surface area contributed by atoms with Gasteiger partial charge in [0.15, 0.2) is 0 Å². The second kappa shape index (κ2) is 11.3. The molecule has 0 aliphatic heterocycles. The molecular formula is C21H28ClN3O3. The molecule has 0 saturated heterocycles. The minimum absolute atomic E-state index is 0. The zero-order chi connectivity index (χ0) is 19.8. The van der Waals surface area contributed by atoms with Gasteiger partial charge in [-0.3, -0.25) is 9.59 Å². The Morgan fingerprint density at radius 1 is 1.11 bits per heavy atom. The first-order valence-corrected chi connectivity index (χ1v) is 9.02. The van der Waals surface area contributed by atoms with Crippen LogP contribution in [0.2, 0.25) is 0 Å². The summed E-state index contributed by atoms with van der Waals surface area (Å²) < 4.78 is 5.42. The van der Waals surface area contributed by atoms with Gasteiger partial charge in [-0.25, -0.2) is 0 Å². The molecule has 2 amide bonds. The number of hydrogen-bond acceptors (Lipinski definition) is 4. The fraction of sp³-hybridized carbons (Fsp3) is 0.333. The number of ether oxygens (including phenoxy) is 1. The van der Waals surface area contributed by atoms with E-state index in [1.165, 1.54) is 0 Å². The molecular weight excluding hydrogens is 378 g/mol. The molecule has 0 bridgehead atoms. The van der Waals surface area contributed by atoms with Crippen molar-refractivity contribution < 1.29 is 14.3 Å². The van der Waals surface area contributed by atoms with Crippen LogP contribution in [0.15, 0.2) is 48.5 Å². The lowest BCUT2D eigenvalue weighted by molar-refractivity contribution is -0.118. The second-order valence-electron chi connectivity index (χ2n) is 6.72. The molecule has 4 N–H and O–H groups in total. The highest BCUT2D eigenvalue weighted by molar-refractivity contribution is 6.01. The first-order valence-electron chi connectivity index (χ1n) is 9.02. The summed E-state index contributed by atoms with van der Waals surface area (Å²) in [5, 5.41) is 5.67. The van der Waals surface area contributed by atoms with Gasteiger partial charge in [0.2, 0.25) is 5.91 Å². The molecule has 1 atom stereocenters. The maximum Gasteiger partial charge on any atom is 0.251 e. The van der Waals surface area contributed by atoms with Gasteiger partial charge in [-0.15, -0.1) is 12.4 Å². The van der Waals surface area contributed by atoms with E-state index in [1.807, 2.05) is 32.9 Å². The molecule has 0 aliphatic carbocycles. The molecule has 152 valence electrons. The summed E-state index contributed by atoms with van der Waals surface area (Å²) in [6.45, 7) is 6.58. The molecule has 0 saturated carbocycles. The van der Waals surface area contributed by atoms with Crippen molar-refractivity contribution in [3.05, 3.63) is 59.7 Å². The lowest BCUT2D eigenvalue weighted by atomic mass is 10.0. The molecule has 0 aliphatic rings. The molecule has 0 radical (unpaired) electrons. The molecule has 0 fully saturated rings. The Kier molecular flexibility index (Phi) is 9.48. The summed E-state index contributed by atoms with van der Waals surface area (Å²) in [6, 6.07) is 13.7. The van der Waals surface area contributed by atoms with Gasteiger partial charge in [0.05, 0.1) is 0 Å². The van der Waals surface area contributed by atoms with Gasteiger partial charge in [0, 0.05) is 17.8 Å². The van der Waals surface area contributed by atoms with E-state index in [1.54, 1.807) is 36.4 Å². The van der Waals surface area contributed by atoms with Crippen molar-refractivity contribution in [2.24, 2.45) is 11.7 Å². The van der Waals surface area contributed by atoms with Crippen LogP contribution < -0.4 is 21.1 Å². The van der Waals surface area contributed by atoms with Crippen LogP contribution in [-0.4, -0.2) is 31.0 Å². The van der Waals surface area contributed by atoms with Gasteiger partial charge in [0.25, 0.3) is 5.91 Å². The highest BCUT2D eigenvalue weighted by Crippen LogP contribution is 2.17. The van der Waals surface area contributed by atoms with Gasteiger partial charge < -0.3 is 21.1 Å². The van der Waals surface area contributed by atoms with E-state index < -0.39 is 6.04 Å². The number of nitrogens with two attached hydrogens (primary N) is 1. The van der Waals surface area contributed by atoms with Crippen molar-refractivity contribution >= 4 is 29.9 Å². The van der Waals surface area contributed by atoms with Crippen LogP contribution in [-0.2, 0) is 4.79 Å². The molecule has 2 rings (SSSR count). The van der Waals surface area contributed by atoms with E-state index in [-0.39, 0.29) is 30.1 Å². The standard InChI is InChI=1S/C21H27N3O3.ClH/c1-14(2)19(24-20(25)16-6-4-5-15(3)13-16)21(26)23-17-7-9-18(10-8-17)27-12-11-22;/h4-10,13-14,19H,11-12,22H2,1-3H3,(H,23,26)(H,24,25);1H. The molecule has 0 heterocycles. The Balaban J connectivity index is 0.00000392. The number of nitrogens with one attached hydrogen (secondary N) is 2. The highest BCUT2D eigenvalue weighted by Gasteiger charge is 2.24. The predicted octanol–water partition coefficient (Wildman–Crippen LogP) is 3.15. The van der Waals surface area contributed by atoms with Gasteiger partial charge >= 0.3 is 0 Å². The monoisotopic (exact) mass is 405 g/mol. The third kappa shape index (κ3) is 6.87. The van der Waals surface area contributed by atoms with Gasteiger partial charge in [-0.1, -0.05) is 31.5 Å². The predicted molar refractivity (Wildman–Crippen MR) is 114 cm³/mol. The molecule has 7 heteroatoms. The molecule has 6 nitrogen and oxygen atoms in total. The van der Waals surface area contributed by atoms with Crippen molar-refractivity contribution in [3.63, 3.8) is 0 Å². The van der Waals surface area contributed by atoms with Crippen LogP contribution in [0.3, 0.4) is 0 Å². The summed E-state index contributed by atoms with van der Waals surface area (Å²) in [4.78, 5) is 25.2. The smallest absolute Gasteiger partial charge is 0.251 e. The third-order valence-corrected chi connectivity index (χ3v) is 4.02. The summed E-state index contributed by atoms with van der Waals surface area (Å²) in [5.74, 6) is 0.0947. The SMILES string of the molecule is Cc1cccc(C(=O)NC(C(=O)Nc2ccc(OCCN)cc2)C(C)C)c1.Cl. The molecule has 28 heavy (non-hydrogen) atoms. The van der Waals surface area contributed by atoms with Crippen LogP contribution in [0.1, 0.15) is 29.8 Å². The normalized spacial score (nSPS) is 11.3. The van der Waals surface area contributed by atoms with E-state index in [4.69, 9.17) is 10.5 Å². The van der Waals surface area contributed by atoms with Crippen molar-refractivity contribution in [2.75, 3.05) is 18.5 Å². The van der Waals surface area contributed by atoms with E-state index >= 15 is 0 Å². The molecule has 2 aromatic carbocycles. The van der Waals surface area contributed by atoms with Gasteiger partial charge in [-0.2, -0.15) is 0 Å².